The molecule has 13 heavy (non-hydrogen) atoms. The number of aromatic nitrogens is 2. The molecule has 0 radical (unpaired) electrons. The van der Waals surface area contributed by atoms with Gasteiger partial charge in [0.2, 0.25) is 0 Å². The second-order valence-electron chi connectivity index (χ2n) is 3.50. The van der Waals surface area contributed by atoms with E-state index >= 15 is 0 Å². The molecule has 0 aromatic carbocycles. The van der Waals surface area contributed by atoms with E-state index in [-0.39, 0.29) is 16.8 Å². The van der Waals surface area contributed by atoms with Gasteiger partial charge in [0.15, 0.2) is 5.15 Å². The lowest BCUT2D eigenvalue weighted by atomic mass is 9.96. The van der Waals surface area contributed by atoms with Crippen LogP contribution in [0.25, 0.3) is 0 Å². The van der Waals surface area contributed by atoms with E-state index in [1.807, 2.05) is 0 Å². The second kappa shape index (κ2) is 2.44. The lowest BCUT2D eigenvalue weighted by molar-refractivity contribution is -0.0552. The minimum absolute atomic E-state index is 0.113. The van der Waals surface area contributed by atoms with Gasteiger partial charge in [0.25, 0.3) is 5.92 Å². The van der Waals surface area contributed by atoms with Crippen molar-refractivity contribution < 1.29 is 8.78 Å². The number of nitrogens with zero attached hydrogens (tertiary/aromatic N) is 1. The normalized spacial score (nSPS) is 30.5. The molecule has 72 valence electrons. The fourth-order valence-corrected chi connectivity index (χ4v) is 2.10. The van der Waals surface area contributed by atoms with Crippen LogP contribution in [0.15, 0.2) is 0 Å². The number of alkyl halides is 2. The van der Waals surface area contributed by atoms with E-state index in [0.29, 0.717) is 5.56 Å². The maximum atomic E-state index is 13.5. The van der Waals surface area contributed by atoms with Crippen molar-refractivity contribution in [2.75, 3.05) is 0 Å². The molecule has 1 aliphatic carbocycles. The third-order valence-electron chi connectivity index (χ3n) is 2.87. The van der Waals surface area contributed by atoms with E-state index < -0.39 is 11.8 Å². The molecule has 5 heteroatoms. The maximum Gasteiger partial charge on any atom is 0.292 e. The van der Waals surface area contributed by atoms with Crippen LogP contribution in [0.1, 0.15) is 31.0 Å². The first-order chi connectivity index (χ1) is 5.96. The molecule has 0 saturated heterocycles. The molecule has 1 aliphatic rings. The highest BCUT2D eigenvalue weighted by atomic mass is 35.5. The molecule has 2 rings (SSSR count). The molecule has 0 bridgehead atoms. The van der Waals surface area contributed by atoms with Crippen molar-refractivity contribution in [1.29, 1.82) is 0 Å². The summed E-state index contributed by atoms with van der Waals surface area (Å²) in [5.74, 6) is -3.78. The SMILES string of the molecule is C[C@@H]1c2c(Cl)n[nH]c2C(F)(F)[C@@H]1C. The summed E-state index contributed by atoms with van der Waals surface area (Å²) in [6.07, 6.45) is 0. The van der Waals surface area contributed by atoms with Gasteiger partial charge in [-0.2, -0.15) is 13.9 Å². The van der Waals surface area contributed by atoms with E-state index in [2.05, 4.69) is 10.2 Å². The van der Waals surface area contributed by atoms with E-state index in [9.17, 15) is 8.78 Å². The molecule has 1 heterocycles. The fourth-order valence-electron chi connectivity index (χ4n) is 1.79. The summed E-state index contributed by atoms with van der Waals surface area (Å²) in [5.41, 5.74) is 0.358. The van der Waals surface area contributed by atoms with Crippen LogP contribution in [-0.2, 0) is 5.92 Å². The topological polar surface area (TPSA) is 28.7 Å². The third-order valence-corrected chi connectivity index (χ3v) is 3.16. The number of aromatic amines is 1. The number of hydrogen-bond acceptors (Lipinski definition) is 1. The van der Waals surface area contributed by atoms with Gasteiger partial charge >= 0.3 is 0 Å². The highest BCUT2D eigenvalue weighted by Crippen LogP contribution is 2.53. The van der Waals surface area contributed by atoms with Crippen LogP contribution in [-0.4, -0.2) is 10.2 Å². The number of hydrogen-bond donors (Lipinski definition) is 1. The number of nitrogens with one attached hydrogen (secondary N) is 1. The molecule has 1 aromatic heterocycles. The van der Waals surface area contributed by atoms with Crippen LogP contribution >= 0.6 is 11.6 Å². The molecular weight excluding hydrogens is 198 g/mol. The first-order valence-corrected chi connectivity index (χ1v) is 4.46. The predicted octanol–water partition coefficient (Wildman–Crippen LogP) is 2.91. The van der Waals surface area contributed by atoms with Gasteiger partial charge in [0, 0.05) is 11.5 Å². The monoisotopic (exact) mass is 206 g/mol. The lowest BCUT2D eigenvalue weighted by Gasteiger charge is -2.17. The Kier molecular flexibility index (Phi) is 1.68. The Morgan fingerprint density at radius 1 is 1.46 bits per heavy atom. The Morgan fingerprint density at radius 2 is 2.08 bits per heavy atom. The molecule has 0 saturated carbocycles. The summed E-state index contributed by atoms with van der Waals surface area (Å²) in [5, 5.41) is 6.06. The zero-order chi connectivity index (χ0) is 9.80. The van der Waals surface area contributed by atoms with Crippen LogP contribution in [0.3, 0.4) is 0 Å². The zero-order valence-corrected chi connectivity index (χ0v) is 7.99. The van der Waals surface area contributed by atoms with Gasteiger partial charge in [-0.1, -0.05) is 25.4 Å². The number of fused-ring (bicyclic) bond motifs is 1. The highest BCUT2D eigenvalue weighted by molar-refractivity contribution is 6.30. The van der Waals surface area contributed by atoms with E-state index in [4.69, 9.17) is 11.6 Å². The van der Waals surface area contributed by atoms with Crippen LogP contribution in [0, 0.1) is 5.92 Å². The molecular formula is C8H9ClF2N2. The maximum absolute atomic E-state index is 13.5. The van der Waals surface area contributed by atoms with Crippen molar-refractivity contribution in [3.05, 3.63) is 16.4 Å². The number of rotatable bonds is 0. The minimum atomic E-state index is -2.82. The van der Waals surface area contributed by atoms with Crippen LogP contribution in [0.2, 0.25) is 5.15 Å². The smallest absolute Gasteiger partial charge is 0.275 e. The minimum Gasteiger partial charge on any atom is -0.275 e. The Balaban J connectivity index is 2.62. The summed E-state index contributed by atoms with van der Waals surface area (Å²) in [6.45, 7) is 3.26. The molecule has 1 N–H and O–H groups in total. The van der Waals surface area contributed by atoms with Gasteiger partial charge in [0.05, 0.1) is 0 Å². The van der Waals surface area contributed by atoms with E-state index in [0.717, 1.165) is 0 Å². The van der Waals surface area contributed by atoms with Gasteiger partial charge in [-0.3, -0.25) is 5.10 Å². The summed E-state index contributed by atoms with van der Waals surface area (Å²) in [6, 6.07) is 0. The summed E-state index contributed by atoms with van der Waals surface area (Å²) < 4.78 is 26.9. The summed E-state index contributed by atoms with van der Waals surface area (Å²) >= 11 is 5.70. The van der Waals surface area contributed by atoms with E-state index in [1.165, 1.54) is 6.92 Å². The molecule has 0 unspecified atom stereocenters. The van der Waals surface area contributed by atoms with Crippen molar-refractivity contribution in [2.24, 2.45) is 5.92 Å². The van der Waals surface area contributed by atoms with Crippen molar-refractivity contribution in [3.8, 4) is 0 Å². The largest absolute Gasteiger partial charge is 0.292 e. The van der Waals surface area contributed by atoms with Crippen LogP contribution in [0.5, 0.6) is 0 Å². The Morgan fingerprint density at radius 3 is 2.62 bits per heavy atom. The first-order valence-electron chi connectivity index (χ1n) is 4.08. The van der Waals surface area contributed by atoms with Gasteiger partial charge in [0.1, 0.15) is 5.69 Å². The van der Waals surface area contributed by atoms with E-state index in [1.54, 1.807) is 6.92 Å². The standard InChI is InChI=1S/C8H9ClF2N2/c1-3-4(2)8(10,11)6-5(3)7(9)13-12-6/h3-4H,1-2H3,(H,12,13)/t3-,4+/m0/s1. The van der Waals surface area contributed by atoms with Gasteiger partial charge in [-0.25, -0.2) is 0 Å². The Bertz CT molecular complexity index is 348. The summed E-state index contributed by atoms with van der Waals surface area (Å²) in [7, 11) is 0. The quantitative estimate of drug-likeness (QED) is 0.695. The van der Waals surface area contributed by atoms with Crippen molar-refractivity contribution >= 4 is 11.6 Å². The highest BCUT2D eigenvalue weighted by Gasteiger charge is 2.52. The first kappa shape index (κ1) is 8.94. The predicted molar refractivity (Wildman–Crippen MR) is 45.1 cm³/mol. The van der Waals surface area contributed by atoms with Crippen molar-refractivity contribution in [1.82, 2.24) is 10.2 Å². The van der Waals surface area contributed by atoms with Gasteiger partial charge in [-0.15, -0.1) is 0 Å². The van der Waals surface area contributed by atoms with Crippen LogP contribution < -0.4 is 0 Å². The van der Waals surface area contributed by atoms with Crippen molar-refractivity contribution in [2.45, 2.75) is 25.7 Å². The molecule has 0 fully saturated rings. The molecule has 1 aromatic rings. The number of halogens is 3. The van der Waals surface area contributed by atoms with Crippen molar-refractivity contribution in [3.63, 3.8) is 0 Å². The Hall–Kier alpha value is -0.640. The molecule has 0 amide bonds. The van der Waals surface area contributed by atoms with Crippen LogP contribution in [0.4, 0.5) is 8.78 Å². The van der Waals surface area contributed by atoms with Gasteiger partial charge < -0.3 is 0 Å². The molecule has 0 aliphatic heterocycles. The average Bonchev–Trinajstić information content (AvgIpc) is 2.50. The molecule has 0 spiro atoms. The Labute approximate surface area is 79.3 Å². The second-order valence-corrected chi connectivity index (χ2v) is 3.86. The molecule has 2 nitrogen and oxygen atoms in total. The summed E-state index contributed by atoms with van der Waals surface area (Å²) in [4.78, 5) is 0. The van der Waals surface area contributed by atoms with Gasteiger partial charge in [-0.05, 0) is 5.92 Å². The third kappa shape index (κ3) is 0.950. The number of H-pyrrole nitrogens is 1. The lowest BCUT2D eigenvalue weighted by Crippen LogP contribution is -2.20. The molecule has 2 atom stereocenters. The fraction of sp³-hybridized carbons (Fsp3) is 0.625. The average molecular weight is 207 g/mol. The zero-order valence-electron chi connectivity index (χ0n) is 7.24.